The van der Waals surface area contributed by atoms with Gasteiger partial charge in [-0.2, -0.15) is 0 Å². The van der Waals surface area contributed by atoms with Gasteiger partial charge in [0, 0.05) is 31.8 Å². The number of benzene rings is 4. The molecule has 0 amide bonds. The second-order valence-electron chi connectivity index (χ2n) is 9.49. The predicted octanol–water partition coefficient (Wildman–Crippen LogP) is 7.63. The van der Waals surface area contributed by atoms with E-state index in [1.165, 1.54) is 21.5 Å². The summed E-state index contributed by atoms with van der Waals surface area (Å²) in [4.78, 5) is 0. The van der Waals surface area contributed by atoms with Crippen molar-refractivity contribution in [1.29, 1.82) is 0 Å². The van der Waals surface area contributed by atoms with Crippen molar-refractivity contribution in [2.75, 3.05) is 37.0 Å². The molecule has 33 heavy (non-hydrogen) atoms. The highest BCUT2D eigenvalue weighted by molar-refractivity contribution is 7.64. The van der Waals surface area contributed by atoms with Gasteiger partial charge in [-0.15, -0.1) is 0 Å². The molecule has 0 fully saturated rings. The lowest BCUT2D eigenvalue weighted by molar-refractivity contribution is 0.424. The van der Waals surface area contributed by atoms with Gasteiger partial charge in [0.25, 0.3) is 0 Å². The molecule has 1 aliphatic rings. The SMILES string of the molecule is CC(C)CCN(C)P1(=O)N(C)c2ccc3ccccc3c2-c2c(ccc3ccccc23)N1C. The van der Waals surface area contributed by atoms with Gasteiger partial charge >= 0.3 is 7.59 Å². The maximum absolute atomic E-state index is 15.0. The Balaban J connectivity index is 1.88. The van der Waals surface area contributed by atoms with Gasteiger partial charge in [-0.05, 0) is 53.1 Å². The number of nitrogens with zero attached hydrogens (tertiary/aromatic N) is 3. The zero-order valence-corrected chi connectivity index (χ0v) is 21.0. The number of hydrogen-bond donors (Lipinski definition) is 0. The lowest BCUT2D eigenvalue weighted by Gasteiger charge is -2.41. The molecule has 0 unspecified atom stereocenters. The van der Waals surface area contributed by atoms with E-state index in [0.29, 0.717) is 5.92 Å². The fraction of sp³-hybridized carbons (Fsp3) is 0.286. The van der Waals surface area contributed by atoms with Crippen LogP contribution >= 0.6 is 7.59 Å². The molecular formula is C28H32N3OP. The molecule has 5 heteroatoms. The van der Waals surface area contributed by atoms with E-state index in [9.17, 15) is 0 Å². The van der Waals surface area contributed by atoms with Crippen LogP contribution in [0.5, 0.6) is 0 Å². The lowest BCUT2D eigenvalue weighted by Crippen LogP contribution is -2.36. The van der Waals surface area contributed by atoms with Crippen LogP contribution in [0.15, 0.2) is 72.8 Å². The van der Waals surface area contributed by atoms with Gasteiger partial charge in [0.15, 0.2) is 0 Å². The molecule has 170 valence electrons. The minimum Gasteiger partial charge on any atom is -0.297 e. The van der Waals surface area contributed by atoms with E-state index in [-0.39, 0.29) is 0 Å². The van der Waals surface area contributed by atoms with E-state index in [0.717, 1.165) is 35.5 Å². The summed E-state index contributed by atoms with van der Waals surface area (Å²) in [6.45, 7) is 5.20. The predicted molar refractivity (Wildman–Crippen MR) is 143 cm³/mol. The third-order valence-corrected chi connectivity index (χ3v) is 10.1. The van der Waals surface area contributed by atoms with E-state index in [4.69, 9.17) is 0 Å². The first-order valence-electron chi connectivity index (χ1n) is 11.7. The van der Waals surface area contributed by atoms with Crippen LogP contribution in [0.25, 0.3) is 32.7 Å². The Labute approximate surface area is 197 Å². The third-order valence-electron chi connectivity index (χ3n) is 7.02. The van der Waals surface area contributed by atoms with E-state index in [1.807, 2.05) is 30.5 Å². The second kappa shape index (κ2) is 8.20. The fourth-order valence-corrected chi connectivity index (χ4v) is 7.69. The summed E-state index contributed by atoms with van der Waals surface area (Å²) in [5, 5.41) is 4.75. The highest BCUT2D eigenvalue weighted by atomic mass is 31.2. The van der Waals surface area contributed by atoms with Crippen LogP contribution in [-0.2, 0) is 4.57 Å². The fourth-order valence-electron chi connectivity index (χ4n) is 5.10. The van der Waals surface area contributed by atoms with Crippen LogP contribution in [0.2, 0.25) is 0 Å². The van der Waals surface area contributed by atoms with Crippen LogP contribution in [0, 0.1) is 5.92 Å². The smallest absolute Gasteiger partial charge is 0.297 e. The van der Waals surface area contributed by atoms with E-state index >= 15 is 4.57 Å². The van der Waals surface area contributed by atoms with Crippen molar-refractivity contribution >= 4 is 40.5 Å². The summed E-state index contributed by atoms with van der Waals surface area (Å²) in [5.74, 6) is 0.550. The van der Waals surface area contributed by atoms with Gasteiger partial charge in [-0.3, -0.25) is 13.9 Å². The van der Waals surface area contributed by atoms with Crippen molar-refractivity contribution in [3.05, 3.63) is 72.8 Å². The van der Waals surface area contributed by atoms with Gasteiger partial charge in [-0.25, -0.2) is 4.67 Å². The number of rotatable bonds is 4. The summed E-state index contributed by atoms with van der Waals surface area (Å²) in [5.41, 5.74) is 4.33. The average molecular weight is 458 g/mol. The topological polar surface area (TPSA) is 26.8 Å². The van der Waals surface area contributed by atoms with Crippen LogP contribution in [0.4, 0.5) is 11.4 Å². The van der Waals surface area contributed by atoms with Gasteiger partial charge in [0.2, 0.25) is 0 Å². The molecule has 4 aromatic rings. The van der Waals surface area contributed by atoms with Crippen molar-refractivity contribution < 1.29 is 4.57 Å². The van der Waals surface area contributed by atoms with Crippen molar-refractivity contribution in [3.8, 4) is 11.1 Å². The molecular weight excluding hydrogens is 425 g/mol. The minimum absolute atomic E-state index is 0.550. The molecule has 0 saturated heterocycles. The Morgan fingerprint density at radius 3 is 1.67 bits per heavy atom. The number of hydrogen-bond acceptors (Lipinski definition) is 1. The van der Waals surface area contributed by atoms with Crippen molar-refractivity contribution in [2.24, 2.45) is 5.92 Å². The van der Waals surface area contributed by atoms with Crippen LogP contribution in [0.1, 0.15) is 20.3 Å². The maximum Gasteiger partial charge on any atom is 0.334 e. The van der Waals surface area contributed by atoms with Gasteiger partial charge in [-0.1, -0.05) is 74.5 Å². The van der Waals surface area contributed by atoms with Crippen LogP contribution in [0.3, 0.4) is 0 Å². The zero-order valence-electron chi connectivity index (χ0n) is 20.1. The molecule has 0 aromatic heterocycles. The van der Waals surface area contributed by atoms with Crippen molar-refractivity contribution in [2.45, 2.75) is 20.3 Å². The Bertz CT molecular complexity index is 1300. The first-order valence-corrected chi connectivity index (χ1v) is 13.2. The normalized spacial score (nSPS) is 15.2. The third kappa shape index (κ3) is 3.36. The monoisotopic (exact) mass is 457 g/mol. The van der Waals surface area contributed by atoms with E-state index < -0.39 is 7.59 Å². The Kier molecular flexibility index (Phi) is 5.47. The molecule has 5 rings (SSSR count). The summed E-state index contributed by atoms with van der Waals surface area (Å²) >= 11 is 0. The highest BCUT2D eigenvalue weighted by Crippen LogP contribution is 2.64. The molecule has 0 atom stereocenters. The molecule has 1 heterocycles. The molecule has 0 radical (unpaired) electrons. The van der Waals surface area contributed by atoms with Gasteiger partial charge in [0.05, 0.1) is 11.4 Å². The molecule has 4 nitrogen and oxygen atoms in total. The molecule has 0 saturated carbocycles. The van der Waals surface area contributed by atoms with Gasteiger partial charge in [0.1, 0.15) is 0 Å². The summed E-state index contributed by atoms with van der Waals surface area (Å²) in [6, 6.07) is 25.6. The number of anilines is 2. The first-order chi connectivity index (χ1) is 15.8. The summed E-state index contributed by atoms with van der Waals surface area (Å²) in [7, 11) is 2.88. The lowest BCUT2D eigenvalue weighted by atomic mass is 9.91. The molecule has 0 spiro atoms. The largest absolute Gasteiger partial charge is 0.334 e. The molecule has 0 N–H and O–H groups in total. The Morgan fingerprint density at radius 2 is 1.21 bits per heavy atom. The van der Waals surface area contributed by atoms with Gasteiger partial charge < -0.3 is 0 Å². The highest BCUT2D eigenvalue weighted by Gasteiger charge is 2.42. The van der Waals surface area contributed by atoms with Crippen LogP contribution < -0.4 is 9.34 Å². The Morgan fingerprint density at radius 1 is 0.758 bits per heavy atom. The van der Waals surface area contributed by atoms with E-state index in [2.05, 4.69) is 91.3 Å². The first kappa shape index (κ1) is 22.0. The van der Waals surface area contributed by atoms with Crippen LogP contribution in [-0.4, -0.2) is 32.4 Å². The average Bonchev–Trinajstić information content (AvgIpc) is 2.91. The molecule has 0 bridgehead atoms. The Hall–Kier alpha value is -2.81. The molecule has 0 aliphatic carbocycles. The standard InChI is InChI=1S/C28H32N3OP/c1-20(2)18-19-29(3)33(32)30(4)25-16-14-21-10-6-8-12-23(21)27(25)28-24-13-9-7-11-22(24)15-17-26(28)31(33)5/h6-17,20H,18-19H2,1-5H3. The molecule has 1 aliphatic heterocycles. The quantitative estimate of drug-likeness (QED) is 0.294. The second-order valence-corrected chi connectivity index (χ2v) is 12.4. The molecule has 4 aromatic carbocycles. The van der Waals surface area contributed by atoms with E-state index in [1.54, 1.807) is 0 Å². The van der Waals surface area contributed by atoms with Crippen molar-refractivity contribution in [3.63, 3.8) is 0 Å². The zero-order chi connectivity index (χ0) is 23.3. The summed E-state index contributed by atoms with van der Waals surface area (Å²) in [6.07, 6.45) is 0.997. The maximum atomic E-state index is 15.0. The van der Waals surface area contributed by atoms with Crippen molar-refractivity contribution in [1.82, 2.24) is 4.67 Å². The minimum atomic E-state index is -3.11. The summed E-state index contributed by atoms with van der Waals surface area (Å²) < 4.78 is 21.1. The number of fused-ring (bicyclic) bond motifs is 7.